The number of phenols is 1. The second-order valence-corrected chi connectivity index (χ2v) is 12.6. The van der Waals surface area contributed by atoms with Crippen LogP contribution >= 0.6 is 34.4 Å². The molecule has 0 saturated carbocycles. The number of benzene rings is 3. The van der Waals surface area contributed by atoms with Crippen molar-refractivity contribution in [3.63, 3.8) is 0 Å². The number of anilines is 1. The van der Waals surface area contributed by atoms with Gasteiger partial charge in [0.05, 0.1) is 27.2 Å². The number of amides is 1. The van der Waals surface area contributed by atoms with Gasteiger partial charge in [-0.15, -0.1) is 21.5 Å². The van der Waals surface area contributed by atoms with Crippen LogP contribution < -0.4 is 4.90 Å². The van der Waals surface area contributed by atoms with Crippen molar-refractivity contribution in [1.29, 1.82) is 0 Å². The standard InChI is InChI=1S/C29H22N4O4S3/c1-15-26(39-16(2)30-15)24(35)22-23(18-10-12-20(34)13-11-18)33(27(37)25(22)36)28-31-32-29(40-28)38-14-19-8-5-7-17-6-3-4-9-21(17)19/h3-13,23,34,36H,14H2,1-2H3. The van der Waals surface area contributed by atoms with Crippen molar-refractivity contribution >= 4 is 62.0 Å². The van der Waals surface area contributed by atoms with Gasteiger partial charge in [-0.25, -0.2) is 4.98 Å². The first-order chi connectivity index (χ1) is 19.3. The van der Waals surface area contributed by atoms with Gasteiger partial charge in [0.25, 0.3) is 5.91 Å². The summed E-state index contributed by atoms with van der Waals surface area (Å²) in [6.07, 6.45) is 0. The SMILES string of the molecule is Cc1nc(C)c(C(=O)C2=C(O)C(=O)N(c3nnc(SCc4cccc5ccccc45)s3)C2c2ccc(O)cc2)s1. The van der Waals surface area contributed by atoms with Gasteiger partial charge >= 0.3 is 0 Å². The number of carbonyl (C=O) groups is 2. The molecular weight excluding hydrogens is 565 g/mol. The first-order valence-electron chi connectivity index (χ1n) is 12.3. The van der Waals surface area contributed by atoms with E-state index in [1.165, 1.54) is 51.5 Å². The van der Waals surface area contributed by atoms with Crippen LogP contribution in [0.2, 0.25) is 0 Å². The fourth-order valence-corrected chi connectivity index (χ4v) is 7.53. The smallest absolute Gasteiger partial charge is 0.296 e. The number of thioether (sulfide) groups is 1. The third kappa shape index (κ3) is 4.66. The quantitative estimate of drug-likeness (QED) is 0.125. The highest BCUT2D eigenvalue weighted by Crippen LogP contribution is 2.45. The number of Topliss-reactive ketones (excluding diaryl/α,β-unsaturated/α-hetero) is 1. The van der Waals surface area contributed by atoms with Crippen molar-refractivity contribution in [2.75, 3.05) is 4.90 Å². The van der Waals surface area contributed by atoms with Crippen LogP contribution in [0.5, 0.6) is 5.75 Å². The number of carbonyl (C=O) groups excluding carboxylic acids is 2. The number of aromatic hydroxyl groups is 1. The molecule has 0 bridgehead atoms. The summed E-state index contributed by atoms with van der Waals surface area (Å²) < 4.78 is 0.647. The van der Waals surface area contributed by atoms with Gasteiger partial charge in [-0.1, -0.05) is 77.7 Å². The summed E-state index contributed by atoms with van der Waals surface area (Å²) >= 11 is 3.93. The van der Waals surface area contributed by atoms with Crippen LogP contribution in [-0.4, -0.2) is 37.1 Å². The average molecular weight is 587 g/mol. The van der Waals surface area contributed by atoms with E-state index in [4.69, 9.17) is 0 Å². The summed E-state index contributed by atoms with van der Waals surface area (Å²) in [4.78, 5) is 33.2. The van der Waals surface area contributed by atoms with E-state index in [2.05, 4.69) is 39.4 Å². The summed E-state index contributed by atoms with van der Waals surface area (Å²) in [6, 6.07) is 19.6. The molecule has 6 rings (SSSR count). The van der Waals surface area contributed by atoms with E-state index in [0.29, 0.717) is 31.2 Å². The maximum atomic E-state index is 13.7. The highest BCUT2D eigenvalue weighted by molar-refractivity contribution is 8.00. The number of hydrogen-bond donors (Lipinski definition) is 2. The fraction of sp³-hybridized carbons (Fsp3) is 0.138. The topological polar surface area (TPSA) is 117 Å². The molecule has 0 radical (unpaired) electrons. The minimum absolute atomic E-state index is 0.0395. The van der Waals surface area contributed by atoms with Gasteiger partial charge in [0.1, 0.15) is 5.75 Å². The second-order valence-electron chi connectivity index (χ2n) is 9.19. The summed E-state index contributed by atoms with van der Waals surface area (Å²) in [7, 11) is 0. The normalized spacial score (nSPS) is 15.4. The number of fused-ring (bicyclic) bond motifs is 1. The van der Waals surface area contributed by atoms with Gasteiger partial charge in [-0.2, -0.15) is 0 Å². The van der Waals surface area contributed by atoms with Crippen molar-refractivity contribution < 1.29 is 19.8 Å². The number of aryl methyl sites for hydroxylation is 2. The van der Waals surface area contributed by atoms with Crippen molar-refractivity contribution in [2.45, 2.75) is 30.0 Å². The molecule has 1 aliphatic rings. The predicted molar refractivity (Wildman–Crippen MR) is 157 cm³/mol. The lowest BCUT2D eigenvalue weighted by Crippen LogP contribution is -2.31. The molecule has 1 atom stereocenters. The maximum Gasteiger partial charge on any atom is 0.296 e. The zero-order chi connectivity index (χ0) is 28.0. The highest BCUT2D eigenvalue weighted by atomic mass is 32.2. The Morgan fingerprint density at radius 3 is 2.48 bits per heavy atom. The molecule has 3 heterocycles. The number of aliphatic hydroxyl groups excluding tert-OH is 1. The third-order valence-corrected chi connectivity index (χ3v) is 9.78. The number of phenolic OH excluding ortho intramolecular Hbond substituents is 1. The molecular formula is C29H22N4O4S3. The molecule has 0 spiro atoms. The molecule has 1 aliphatic heterocycles. The maximum absolute atomic E-state index is 13.7. The zero-order valence-electron chi connectivity index (χ0n) is 21.4. The first-order valence-corrected chi connectivity index (χ1v) is 14.9. The Labute approximate surface area is 241 Å². The van der Waals surface area contributed by atoms with E-state index in [1.54, 1.807) is 26.0 Å². The van der Waals surface area contributed by atoms with E-state index in [0.717, 1.165) is 16.3 Å². The van der Waals surface area contributed by atoms with E-state index in [1.807, 2.05) is 18.2 Å². The lowest BCUT2D eigenvalue weighted by molar-refractivity contribution is -0.117. The molecule has 1 unspecified atom stereocenters. The Morgan fingerprint density at radius 1 is 0.975 bits per heavy atom. The van der Waals surface area contributed by atoms with E-state index in [-0.39, 0.29) is 16.5 Å². The summed E-state index contributed by atoms with van der Waals surface area (Å²) in [6.45, 7) is 3.52. The minimum Gasteiger partial charge on any atom is -0.508 e. The Hall–Kier alpha value is -4.06. The van der Waals surface area contributed by atoms with E-state index >= 15 is 0 Å². The predicted octanol–water partition coefficient (Wildman–Crippen LogP) is 6.55. The summed E-state index contributed by atoms with van der Waals surface area (Å²) in [5.41, 5.74) is 2.17. The van der Waals surface area contributed by atoms with Crippen molar-refractivity contribution in [2.24, 2.45) is 0 Å². The lowest BCUT2D eigenvalue weighted by Gasteiger charge is -2.24. The number of thiazole rings is 1. The molecule has 8 nitrogen and oxygen atoms in total. The van der Waals surface area contributed by atoms with Crippen LogP contribution in [0.25, 0.3) is 10.8 Å². The molecule has 2 aromatic heterocycles. The largest absolute Gasteiger partial charge is 0.508 e. The fourth-order valence-electron chi connectivity index (χ4n) is 4.79. The summed E-state index contributed by atoms with van der Waals surface area (Å²) in [5, 5.41) is 32.8. The molecule has 1 amide bonds. The van der Waals surface area contributed by atoms with Crippen molar-refractivity contribution in [1.82, 2.24) is 15.2 Å². The number of rotatable bonds is 7. The van der Waals surface area contributed by atoms with Crippen LogP contribution in [0.3, 0.4) is 0 Å². The van der Waals surface area contributed by atoms with Gasteiger partial charge in [-0.3, -0.25) is 14.5 Å². The van der Waals surface area contributed by atoms with Crippen molar-refractivity contribution in [3.05, 3.63) is 105 Å². The van der Waals surface area contributed by atoms with Gasteiger partial charge in [0, 0.05) is 5.75 Å². The van der Waals surface area contributed by atoms with Crippen LogP contribution in [0.15, 0.2) is 82.4 Å². The van der Waals surface area contributed by atoms with Crippen LogP contribution in [0.1, 0.15) is 37.5 Å². The number of aliphatic hydroxyl groups is 1. The van der Waals surface area contributed by atoms with Crippen LogP contribution in [-0.2, 0) is 10.5 Å². The molecule has 0 fully saturated rings. The van der Waals surface area contributed by atoms with Gasteiger partial charge in [-0.05, 0) is 47.9 Å². The number of hydrogen-bond acceptors (Lipinski definition) is 10. The Bertz CT molecular complexity index is 1800. The minimum atomic E-state index is -0.953. The monoisotopic (exact) mass is 586 g/mol. The zero-order valence-corrected chi connectivity index (χ0v) is 23.8. The van der Waals surface area contributed by atoms with Crippen LogP contribution in [0.4, 0.5) is 5.13 Å². The van der Waals surface area contributed by atoms with Gasteiger partial charge in [0.15, 0.2) is 10.1 Å². The van der Waals surface area contributed by atoms with Crippen LogP contribution in [0, 0.1) is 13.8 Å². The van der Waals surface area contributed by atoms with Gasteiger partial charge < -0.3 is 10.2 Å². The number of nitrogens with zero attached hydrogens (tertiary/aromatic N) is 4. The molecule has 11 heteroatoms. The lowest BCUT2D eigenvalue weighted by atomic mass is 9.95. The summed E-state index contributed by atoms with van der Waals surface area (Å²) in [5.74, 6) is -1.14. The molecule has 0 aliphatic carbocycles. The molecule has 40 heavy (non-hydrogen) atoms. The third-order valence-electron chi connectivity index (χ3n) is 6.60. The number of aromatic nitrogens is 3. The average Bonchev–Trinajstić information content (AvgIpc) is 3.63. The van der Waals surface area contributed by atoms with Gasteiger partial charge in [0.2, 0.25) is 10.9 Å². The molecule has 3 aromatic carbocycles. The Morgan fingerprint density at radius 2 is 1.73 bits per heavy atom. The van der Waals surface area contributed by atoms with E-state index < -0.39 is 23.5 Å². The molecule has 0 saturated heterocycles. The first kappa shape index (κ1) is 26.2. The molecule has 200 valence electrons. The number of ketones is 1. The van der Waals surface area contributed by atoms with Crippen molar-refractivity contribution in [3.8, 4) is 5.75 Å². The Balaban J connectivity index is 1.34. The molecule has 5 aromatic rings. The Kier molecular flexibility index (Phi) is 6.87. The van der Waals surface area contributed by atoms with E-state index in [9.17, 15) is 19.8 Å². The molecule has 2 N–H and O–H groups in total. The highest BCUT2D eigenvalue weighted by Gasteiger charge is 2.46. The second kappa shape index (κ2) is 10.5.